The molecule has 0 saturated carbocycles. The molecule has 0 bridgehead atoms. The Hall–Kier alpha value is -1.34. The fourth-order valence-corrected chi connectivity index (χ4v) is 1.10. The third-order valence-electron chi connectivity index (χ3n) is 1.65. The third-order valence-corrected chi connectivity index (χ3v) is 1.65. The zero-order valence-corrected chi connectivity index (χ0v) is 8.15. The maximum Gasteiger partial charge on any atom is 0.140 e. The van der Waals surface area contributed by atoms with Crippen molar-refractivity contribution >= 4 is 0 Å². The van der Waals surface area contributed by atoms with Gasteiger partial charge in [-0.05, 0) is 13.8 Å². The van der Waals surface area contributed by atoms with E-state index in [0.29, 0.717) is 0 Å². The normalized spacial score (nSPS) is 12.8. The molecule has 70 valence electrons. The summed E-state index contributed by atoms with van der Waals surface area (Å²) in [5, 5.41) is 12.0. The SMILES string of the molecule is CC(C)NC(C#N)c1cn(C)cn1. The quantitative estimate of drug-likeness (QED) is 0.750. The predicted octanol–water partition coefficient (Wildman–Crippen LogP) is 0.983. The lowest BCUT2D eigenvalue weighted by molar-refractivity contribution is 0.539. The van der Waals surface area contributed by atoms with Crippen molar-refractivity contribution in [1.29, 1.82) is 5.26 Å². The minimum absolute atomic E-state index is 0.284. The van der Waals surface area contributed by atoms with Crippen molar-refractivity contribution in [3.8, 4) is 6.07 Å². The van der Waals surface area contributed by atoms with E-state index < -0.39 is 0 Å². The summed E-state index contributed by atoms with van der Waals surface area (Å²) in [5.41, 5.74) is 0.777. The fraction of sp³-hybridized carbons (Fsp3) is 0.556. The summed E-state index contributed by atoms with van der Waals surface area (Å²) < 4.78 is 1.84. The largest absolute Gasteiger partial charge is 0.340 e. The summed E-state index contributed by atoms with van der Waals surface area (Å²) in [7, 11) is 1.89. The second-order valence-electron chi connectivity index (χ2n) is 3.35. The van der Waals surface area contributed by atoms with Crippen molar-refractivity contribution < 1.29 is 0 Å². The number of hydrogen-bond donors (Lipinski definition) is 1. The molecule has 0 aliphatic carbocycles. The summed E-state index contributed by atoms with van der Waals surface area (Å²) >= 11 is 0. The van der Waals surface area contributed by atoms with Gasteiger partial charge in [-0.3, -0.25) is 5.32 Å². The summed E-state index contributed by atoms with van der Waals surface area (Å²) in [6.45, 7) is 4.01. The molecule has 0 fully saturated rings. The molecule has 1 aromatic heterocycles. The molecule has 0 aromatic carbocycles. The van der Waals surface area contributed by atoms with Crippen LogP contribution in [0.5, 0.6) is 0 Å². The van der Waals surface area contributed by atoms with Gasteiger partial charge in [0.15, 0.2) is 0 Å². The van der Waals surface area contributed by atoms with Crippen LogP contribution in [0.1, 0.15) is 25.6 Å². The van der Waals surface area contributed by atoms with Gasteiger partial charge in [0.25, 0.3) is 0 Å². The van der Waals surface area contributed by atoms with Gasteiger partial charge in [-0.15, -0.1) is 0 Å². The van der Waals surface area contributed by atoms with E-state index in [-0.39, 0.29) is 12.1 Å². The van der Waals surface area contributed by atoms with Crippen LogP contribution >= 0.6 is 0 Å². The predicted molar refractivity (Wildman–Crippen MR) is 49.8 cm³/mol. The monoisotopic (exact) mass is 178 g/mol. The number of hydrogen-bond acceptors (Lipinski definition) is 3. The van der Waals surface area contributed by atoms with E-state index in [2.05, 4.69) is 16.4 Å². The highest BCUT2D eigenvalue weighted by Gasteiger charge is 2.13. The molecule has 0 saturated heterocycles. The van der Waals surface area contributed by atoms with E-state index in [0.717, 1.165) is 5.69 Å². The van der Waals surface area contributed by atoms with Gasteiger partial charge in [-0.2, -0.15) is 5.26 Å². The molecule has 0 radical (unpaired) electrons. The Morgan fingerprint density at radius 1 is 1.62 bits per heavy atom. The highest BCUT2D eigenvalue weighted by molar-refractivity contribution is 5.12. The minimum Gasteiger partial charge on any atom is -0.340 e. The van der Waals surface area contributed by atoms with E-state index in [1.165, 1.54) is 0 Å². The highest BCUT2D eigenvalue weighted by Crippen LogP contribution is 2.08. The zero-order valence-electron chi connectivity index (χ0n) is 8.15. The average molecular weight is 178 g/mol. The number of rotatable bonds is 3. The van der Waals surface area contributed by atoms with Gasteiger partial charge in [-0.25, -0.2) is 4.98 Å². The van der Waals surface area contributed by atoms with Crippen molar-refractivity contribution in [3.63, 3.8) is 0 Å². The summed E-state index contributed by atoms with van der Waals surface area (Å²) in [4.78, 5) is 4.12. The molecular formula is C9H14N4. The summed E-state index contributed by atoms with van der Waals surface area (Å²) in [6.07, 6.45) is 3.55. The van der Waals surface area contributed by atoms with E-state index >= 15 is 0 Å². The number of nitrogens with one attached hydrogen (secondary N) is 1. The Kier molecular flexibility index (Phi) is 3.04. The second-order valence-corrected chi connectivity index (χ2v) is 3.35. The van der Waals surface area contributed by atoms with Gasteiger partial charge in [0, 0.05) is 19.3 Å². The van der Waals surface area contributed by atoms with Crippen LogP contribution in [0.25, 0.3) is 0 Å². The first-order valence-electron chi connectivity index (χ1n) is 4.27. The zero-order chi connectivity index (χ0) is 9.84. The lowest BCUT2D eigenvalue weighted by atomic mass is 10.2. The maximum atomic E-state index is 8.88. The fourth-order valence-electron chi connectivity index (χ4n) is 1.10. The lowest BCUT2D eigenvalue weighted by Crippen LogP contribution is -2.27. The molecule has 0 amide bonds. The molecule has 0 aliphatic heterocycles. The molecule has 4 nitrogen and oxygen atoms in total. The van der Waals surface area contributed by atoms with E-state index in [9.17, 15) is 0 Å². The first-order chi connectivity index (χ1) is 6.13. The molecule has 1 unspecified atom stereocenters. The van der Waals surface area contributed by atoms with E-state index in [4.69, 9.17) is 5.26 Å². The van der Waals surface area contributed by atoms with E-state index in [1.54, 1.807) is 6.33 Å². The number of nitrogens with zero attached hydrogens (tertiary/aromatic N) is 3. The molecule has 1 aromatic rings. The van der Waals surface area contributed by atoms with E-state index in [1.807, 2.05) is 31.7 Å². The molecule has 0 spiro atoms. The minimum atomic E-state index is -0.304. The van der Waals surface area contributed by atoms with Gasteiger partial charge < -0.3 is 4.57 Å². The number of nitriles is 1. The van der Waals surface area contributed by atoms with Crippen LogP contribution in [0.4, 0.5) is 0 Å². The summed E-state index contributed by atoms with van der Waals surface area (Å²) in [5.74, 6) is 0. The first-order valence-corrected chi connectivity index (χ1v) is 4.27. The Balaban J connectivity index is 2.74. The molecule has 1 atom stereocenters. The molecule has 13 heavy (non-hydrogen) atoms. The molecule has 4 heteroatoms. The van der Waals surface area contributed by atoms with Crippen LogP contribution in [-0.4, -0.2) is 15.6 Å². The number of aromatic nitrogens is 2. The number of aryl methyl sites for hydroxylation is 1. The van der Waals surface area contributed by atoms with Gasteiger partial charge in [0.05, 0.1) is 18.1 Å². The van der Waals surface area contributed by atoms with Crippen LogP contribution in [0.15, 0.2) is 12.5 Å². The number of imidazole rings is 1. The molecular weight excluding hydrogens is 164 g/mol. The van der Waals surface area contributed by atoms with Crippen LogP contribution < -0.4 is 5.32 Å². The van der Waals surface area contributed by atoms with Crippen LogP contribution in [0.3, 0.4) is 0 Å². The Morgan fingerprint density at radius 2 is 2.31 bits per heavy atom. The smallest absolute Gasteiger partial charge is 0.140 e. The Bertz CT molecular complexity index is 308. The van der Waals surface area contributed by atoms with Crippen molar-refractivity contribution in [3.05, 3.63) is 18.2 Å². The van der Waals surface area contributed by atoms with Crippen molar-refractivity contribution in [1.82, 2.24) is 14.9 Å². The summed E-state index contributed by atoms with van der Waals surface area (Å²) in [6, 6.07) is 2.16. The third kappa shape index (κ3) is 2.56. The highest BCUT2D eigenvalue weighted by atomic mass is 15.0. The van der Waals surface area contributed by atoms with Crippen LogP contribution in [0, 0.1) is 11.3 Å². The Morgan fingerprint density at radius 3 is 2.69 bits per heavy atom. The van der Waals surface area contributed by atoms with Crippen molar-refractivity contribution in [2.24, 2.45) is 7.05 Å². The topological polar surface area (TPSA) is 53.6 Å². The van der Waals surface area contributed by atoms with Crippen LogP contribution in [-0.2, 0) is 7.05 Å². The lowest BCUT2D eigenvalue weighted by Gasteiger charge is -2.11. The molecule has 0 aliphatic rings. The first kappa shape index (κ1) is 9.75. The maximum absolute atomic E-state index is 8.88. The standard InChI is InChI=1S/C9H14N4/c1-7(2)12-8(4-10)9-5-13(3)6-11-9/h5-8,12H,1-3H3. The van der Waals surface area contributed by atoms with Gasteiger partial charge in [0.2, 0.25) is 0 Å². The van der Waals surface area contributed by atoms with Gasteiger partial charge in [0.1, 0.15) is 6.04 Å². The Labute approximate surface area is 78.2 Å². The van der Waals surface area contributed by atoms with Crippen LogP contribution in [0.2, 0.25) is 0 Å². The average Bonchev–Trinajstić information content (AvgIpc) is 2.47. The second kappa shape index (κ2) is 4.06. The molecule has 1 N–H and O–H groups in total. The van der Waals surface area contributed by atoms with Crippen molar-refractivity contribution in [2.75, 3.05) is 0 Å². The molecule has 1 rings (SSSR count). The van der Waals surface area contributed by atoms with Crippen molar-refractivity contribution in [2.45, 2.75) is 25.9 Å². The molecule has 1 heterocycles. The van der Waals surface area contributed by atoms with Gasteiger partial charge >= 0.3 is 0 Å². The van der Waals surface area contributed by atoms with Gasteiger partial charge in [-0.1, -0.05) is 0 Å².